The molecule has 0 fully saturated rings. The summed E-state index contributed by atoms with van der Waals surface area (Å²) in [6.07, 6.45) is 1.80. The monoisotopic (exact) mass is 265 g/mol. The molecule has 2 aromatic rings. The minimum atomic E-state index is -0.156. The molecular formula is C13H16FN3S. The summed E-state index contributed by atoms with van der Waals surface area (Å²) in [5.41, 5.74) is 7.38. The summed E-state index contributed by atoms with van der Waals surface area (Å²) in [4.78, 5) is 7.31. The Labute approximate surface area is 110 Å². The number of rotatable bonds is 4. The van der Waals surface area contributed by atoms with Gasteiger partial charge in [0.15, 0.2) is 5.13 Å². The first kappa shape index (κ1) is 13.0. The number of nitrogen functional groups attached to an aromatic ring is 1. The Bertz CT molecular complexity index is 539. The van der Waals surface area contributed by atoms with Crippen molar-refractivity contribution in [3.05, 3.63) is 46.2 Å². The Kier molecular flexibility index (Phi) is 3.93. The number of hydrogen-bond donors (Lipinski definition) is 1. The van der Waals surface area contributed by atoms with Crippen LogP contribution in [0.4, 0.5) is 9.52 Å². The standard InChI is InChI=1S/C13H16FN3S/c1-9-5-10(3-4-12(9)14)7-17(2)8-11-6-16-13(15)18-11/h3-6H,7-8H2,1-2H3,(H2,15,16). The zero-order valence-corrected chi connectivity index (χ0v) is 11.3. The van der Waals surface area contributed by atoms with Crippen molar-refractivity contribution in [2.75, 3.05) is 12.8 Å². The summed E-state index contributed by atoms with van der Waals surface area (Å²) in [6, 6.07) is 5.22. The molecule has 2 N–H and O–H groups in total. The molecular weight excluding hydrogens is 249 g/mol. The first-order chi connectivity index (χ1) is 8.54. The van der Waals surface area contributed by atoms with Crippen molar-refractivity contribution in [1.29, 1.82) is 0 Å². The lowest BCUT2D eigenvalue weighted by Gasteiger charge is -2.15. The van der Waals surface area contributed by atoms with Crippen LogP contribution in [-0.2, 0) is 13.1 Å². The fourth-order valence-corrected chi connectivity index (χ4v) is 2.60. The second-order valence-corrected chi connectivity index (χ2v) is 5.57. The predicted octanol–water partition coefficient (Wildman–Crippen LogP) is 2.80. The van der Waals surface area contributed by atoms with Gasteiger partial charge in [-0.1, -0.05) is 12.1 Å². The first-order valence-electron chi connectivity index (χ1n) is 5.68. The van der Waals surface area contributed by atoms with Crippen LogP contribution in [0.3, 0.4) is 0 Å². The molecule has 0 aliphatic heterocycles. The summed E-state index contributed by atoms with van der Waals surface area (Å²) in [5.74, 6) is -0.156. The van der Waals surface area contributed by atoms with Crippen LogP contribution in [0, 0.1) is 12.7 Å². The highest BCUT2D eigenvalue weighted by Gasteiger charge is 2.06. The number of hydrogen-bond acceptors (Lipinski definition) is 4. The normalized spacial score (nSPS) is 11.1. The Hall–Kier alpha value is -1.46. The molecule has 0 radical (unpaired) electrons. The molecule has 0 atom stereocenters. The quantitative estimate of drug-likeness (QED) is 0.924. The molecule has 96 valence electrons. The number of aryl methyl sites for hydroxylation is 1. The van der Waals surface area contributed by atoms with Crippen molar-refractivity contribution in [2.45, 2.75) is 20.0 Å². The van der Waals surface area contributed by atoms with Crippen LogP contribution in [0.15, 0.2) is 24.4 Å². The molecule has 0 saturated carbocycles. The number of benzene rings is 1. The molecule has 1 aromatic carbocycles. The van der Waals surface area contributed by atoms with E-state index in [0.717, 1.165) is 23.5 Å². The van der Waals surface area contributed by atoms with Crippen LogP contribution < -0.4 is 5.73 Å². The average Bonchev–Trinajstić information content (AvgIpc) is 2.69. The molecule has 3 nitrogen and oxygen atoms in total. The number of aromatic nitrogens is 1. The molecule has 0 aliphatic rings. The molecule has 0 unspecified atom stereocenters. The molecule has 0 saturated heterocycles. The van der Waals surface area contributed by atoms with Crippen molar-refractivity contribution >= 4 is 16.5 Å². The summed E-state index contributed by atoms with van der Waals surface area (Å²) in [7, 11) is 2.02. The maximum Gasteiger partial charge on any atom is 0.180 e. The Morgan fingerprint density at radius 3 is 2.78 bits per heavy atom. The maximum atomic E-state index is 13.2. The lowest BCUT2D eigenvalue weighted by atomic mass is 10.1. The second-order valence-electron chi connectivity index (χ2n) is 4.42. The zero-order chi connectivity index (χ0) is 13.1. The van der Waals surface area contributed by atoms with Crippen LogP contribution in [-0.4, -0.2) is 16.9 Å². The Balaban J connectivity index is 1.98. The topological polar surface area (TPSA) is 42.2 Å². The third kappa shape index (κ3) is 3.27. The summed E-state index contributed by atoms with van der Waals surface area (Å²) >= 11 is 1.50. The van der Waals surface area contributed by atoms with Gasteiger partial charge in [-0.05, 0) is 31.2 Å². The predicted molar refractivity (Wildman–Crippen MR) is 72.8 cm³/mol. The molecule has 18 heavy (non-hydrogen) atoms. The van der Waals surface area contributed by atoms with Crippen molar-refractivity contribution in [1.82, 2.24) is 9.88 Å². The van der Waals surface area contributed by atoms with E-state index < -0.39 is 0 Å². The van der Waals surface area contributed by atoms with Crippen molar-refractivity contribution in [3.8, 4) is 0 Å². The minimum absolute atomic E-state index is 0.156. The van der Waals surface area contributed by atoms with Crippen LogP contribution in [0.5, 0.6) is 0 Å². The van der Waals surface area contributed by atoms with Crippen molar-refractivity contribution in [2.24, 2.45) is 0 Å². The van der Waals surface area contributed by atoms with Crippen molar-refractivity contribution < 1.29 is 4.39 Å². The molecule has 1 aromatic heterocycles. The molecule has 2 rings (SSSR count). The summed E-state index contributed by atoms with van der Waals surface area (Å²) in [6.45, 7) is 3.35. The van der Waals surface area contributed by atoms with E-state index in [4.69, 9.17) is 5.73 Å². The van der Waals surface area contributed by atoms with Crippen LogP contribution in [0.2, 0.25) is 0 Å². The van der Waals surface area contributed by atoms with E-state index in [2.05, 4.69) is 9.88 Å². The lowest BCUT2D eigenvalue weighted by Crippen LogP contribution is -2.16. The fourth-order valence-electron chi connectivity index (χ4n) is 1.83. The van der Waals surface area contributed by atoms with Gasteiger partial charge in [0.25, 0.3) is 0 Å². The van der Waals surface area contributed by atoms with Gasteiger partial charge < -0.3 is 5.73 Å². The largest absolute Gasteiger partial charge is 0.375 e. The maximum absolute atomic E-state index is 13.2. The minimum Gasteiger partial charge on any atom is -0.375 e. The zero-order valence-electron chi connectivity index (χ0n) is 10.5. The van der Waals surface area contributed by atoms with Gasteiger partial charge in [0, 0.05) is 24.2 Å². The van der Waals surface area contributed by atoms with Gasteiger partial charge in [0.1, 0.15) is 5.82 Å². The van der Waals surface area contributed by atoms with E-state index in [1.54, 1.807) is 13.1 Å². The number of anilines is 1. The number of thiazole rings is 1. The summed E-state index contributed by atoms with van der Waals surface area (Å²) < 4.78 is 13.2. The SMILES string of the molecule is Cc1cc(CN(C)Cc2cnc(N)s2)ccc1F. The van der Waals surface area contributed by atoms with Gasteiger partial charge in [-0.3, -0.25) is 4.90 Å². The summed E-state index contributed by atoms with van der Waals surface area (Å²) in [5, 5.41) is 0.594. The van der Waals surface area contributed by atoms with E-state index in [1.807, 2.05) is 19.2 Å². The van der Waals surface area contributed by atoms with E-state index in [0.29, 0.717) is 10.7 Å². The molecule has 0 aliphatic carbocycles. The third-order valence-electron chi connectivity index (χ3n) is 2.67. The highest BCUT2D eigenvalue weighted by molar-refractivity contribution is 7.15. The van der Waals surface area contributed by atoms with E-state index in [9.17, 15) is 4.39 Å². The highest BCUT2D eigenvalue weighted by atomic mass is 32.1. The lowest BCUT2D eigenvalue weighted by molar-refractivity contribution is 0.321. The van der Waals surface area contributed by atoms with E-state index in [-0.39, 0.29) is 5.82 Å². The van der Waals surface area contributed by atoms with Crippen molar-refractivity contribution in [3.63, 3.8) is 0 Å². The number of nitrogens with two attached hydrogens (primary N) is 1. The smallest absolute Gasteiger partial charge is 0.180 e. The molecule has 0 bridgehead atoms. The fraction of sp³-hybridized carbons (Fsp3) is 0.308. The highest BCUT2D eigenvalue weighted by Crippen LogP contribution is 2.17. The Morgan fingerprint density at radius 2 is 2.17 bits per heavy atom. The molecule has 0 amide bonds. The van der Waals surface area contributed by atoms with Crippen LogP contribution in [0.1, 0.15) is 16.0 Å². The van der Waals surface area contributed by atoms with Gasteiger partial charge in [-0.25, -0.2) is 9.37 Å². The van der Waals surface area contributed by atoms with Gasteiger partial charge in [-0.15, -0.1) is 11.3 Å². The van der Waals surface area contributed by atoms with Gasteiger partial charge in [0.05, 0.1) is 0 Å². The average molecular weight is 265 g/mol. The molecule has 0 spiro atoms. The van der Waals surface area contributed by atoms with E-state index in [1.165, 1.54) is 17.4 Å². The Morgan fingerprint density at radius 1 is 1.39 bits per heavy atom. The molecule has 5 heteroatoms. The number of halogens is 1. The van der Waals surface area contributed by atoms with Gasteiger partial charge in [-0.2, -0.15) is 0 Å². The van der Waals surface area contributed by atoms with Gasteiger partial charge in [0.2, 0.25) is 0 Å². The van der Waals surface area contributed by atoms with Gasteiger partial charge >= 0.3 is 0 Å². The molecule has 1 heterocycles. The van der Waals surface area contributed by atoms with Crippen LogP contribution in [0.25, 0.3) is 0 Å². The second kappa shape index (κ2) is 5.46. The first-order valence-corrected chi connectivity index (χ1v) is 6.50. The third-order valence-corrected chi connectivity index (χ3v) is 3.48. The number of nitrogens with zero attached hydrogens (tertiary/aromatic N) is 2. The van der Waals surface area contributed by atoms with Crippen LogP contribution >= 0.6 is 11.3 Å². The van der Waals surface area contributed by atoms with E-state index >= 15 is 0 Å².